The quantitative estimate of drug-likeness (QED) is 0.655. The Morgan fingerprint density at radius 2 is 1.73 bits per heavy atom. The van der Waals surface area contributed by atoms with Gasteiger partial charge in [-0.3, -0.25) is 0 Å². The fourth-order valence-corrected chi connectivity index (χ4v) is 2.04. The molecule has 0 aromatic heterocycles. The highest BCUT2D eigenvalue weighted by Gasteiger charge is 2.14. The Balaban J connectivity index is 2.54. The van der Waals surface area contributed by atoms with Crippen LogP contribution in [0.1, 0.15) is 11.1 Å². The van der Waals surface area contributed by atoms with Gasteiger partial charge in [-0.2, -0.15) is 0 Å². The van der Waals surface area contributed by atoms with E-state index in [9.17, 15) is 15.0 Å². The van der Waals surface area contributed by atoms with Crippen molar-refractivity contribution in [3.8, 4) is 17.2 Å². The van der Waals surface area contributed by atoms with Crippen molar-refractivity contribution in [2.45, 2.75) is 0 Å². The molecule has 0 heterocycles. The number of ether oxygens (including phenoxy) is 2. The number of benzene rings is 2. The number of phenolic OH excluding ortho intramolecular Hbond substituents is 1. The van der Waals surface area contributed by atoms with Crippen LogP contribution in [0.3, 0.4) is 0 Å². The number of carboxylic acids is 1. The minimum Gasteiger partial charge on any atom is -0.507 e. The van der Waals surface area contributed by atoms with E-state index in [-0.39, 0.29) is 11.3 Å². The van der Waals surface area contributed by atoms with Crippen molar-refractivity contribution < 1.29 is 24.5 Å². The van der Waals surface area contributed by atoms with Crippen LogP contribution in [0.4, 0.5) is 0 Å². The Kier molecular flexibility index (Phi) is 4.68. The number of para-hydroxylation sites is 1. The van der Waals surface area contributed by atoms with Gasteiger partial charge in [0.25, 0.3) is 0 Å². The Hall–Kier alpha value is -2.95. The zero-order valence-corrected chi connectivity index (χ0v) is 12.2. The highest BCUT2D eigenvalue weighted by atomic mass is 16.5. The van der Waals surface area contributed by atoms with Gasteiger partial charge < -0.3 is 19.7 Å². The molecule has 0 atom stereocenters. The average Bonchev–Trinajstić information content (AvgIpc) is 2.53. The lowest BCUT2D eigenvalue weighted by Gasteiger charge is -2.10. The summed E-state index contributed by atoms with van der Waals surface area (Å²) in [4.78, 5) is 11.5. The number of aliphatic carboxylic acids is 1. The van der Waals surface area contributed by atoms with Crippen LogP contribution in [0.15, 0.2) is 42.5 Å². The number of carbonyl (C=O) groups is 1. The predicted molar refractivity (Wildman–Crippen MR) is 83.2 cm³/mol. The van der Waals surface area contributed by atoms with Crippen LogP contribution in [0.2, 0.25) is 0 Å². The second-order valence-electron chi connectivity index (χ2n) is 4.49. The lowest BCUT2D eigenvalue weighted by Crippen LogP contribution is -2.01. The normalized spacial score (nSPS) is 11.1. The first-order valence-corrected chi connectivity index (χ1v) is 6.52. The molecule has 0 spiro atoms. The second kappa shape index (κ2) is 6.67. The first kappa shape index (κ1) is 15.4. The number of hydrogen-bond acceptors (Lipinski definition) is 4. The van der Waals surface area contributed by atoms with E-state index in [2.05, 4.69) is 0 Å². The van der Waals surface area contributed by atoms with Crippen molar-refractivity contribution in [3.05, 3.63) is 53.6 Å². The van der Waals surface area contributed by atoms with Crippen LogP contribution in [0.25, 0.3) is 11.6 Å². The smallest absolute Gasteiger partial charge is 0.336 e. The van der Waals surface area contributed by atoms with Gasteiger partial charge in [-0.05, 0) is 29.8 Å². The lowest BCUT2D eigenvalue weighted by molar-refractivity contribution is -0.130. The van der Waals surface area contributed by atoms with Gasteiger partial charge in [-0.1, -0.05) is 24.3 Å². The Morgan fingerprint density at radius 3 is 2.32 bits per heavy atom. The Bertz CT molecular complexity index is 719. The molecule has 5 heteroatoms. The minimum atomic E-state index is -1.10. The van der Waals surface area contributed by atoms with Crippen LogP contribution >= 0.6 is 0 Å². The molecule has 114 valence electrons. The molecule has 0 radical (unpaired) electrons. The summed E-state index contributed by atoms with van der Waals surface area (Å²) in [6.45, 7) is 0. The lowest BCUT2D eigenvalue weighted by atomic mass is 10.0. The summed E-state index contributed by atoms with van der Waals surface area (Å²) in [5.41, 5.74) is 0.922. The van der Waals surface area contributed by atoms with E-state index >= 15 is 0 Å². The largest absolute Gasteiger partial charge is 0.507 e. The summed E-state index contributed by atoms with van der Waals surface area (Å²) >= 11 is 0. The summed E-state index contributed by atoms with van der Waals surface area (Å²) in [6, 6.07) is 11.4. The van der Waals surface area contributed by atoms with Gasteiger partial charge in [0.15, 0.2) is 11.5 Å². The molecule has 2 N–H and O–H groups in total. The predicted octanol–water partition coefficient (Wildman–Crippen LogP) is 3.03. The van der Waals surface area contributed by atoms with Crippen molar-refractivity contribution in [2.24, 2.45) is 0 Å². The van der Waals surface area contributed by atoms with E-state index in [1.807, 2.05) is 0 Å². The van der Waals surface area contributed by atoms with E-state index in [1.165, 1.54) is 26.4 Å². The Morgan fingerprint density at radius 1 is 1.05 bits per heavy atom. The molecular weight excluding hydrogens is 284 g/mol. The topological polar surface area (TPSA) is 76.0 Å². The van der Waals surface area contributed by atoms with Crippen LogP contribution in [0.5, 0.6) is 17.2 Å². The van der Waals surface area contributed by atoms with Crippen LogP contribution in [-0.2, 0) is 4.79 Å². The maximum absolute atomic E-state index is 11.5. The highest BCUT2D eigenvalue weighted by molar-refractivity contribution is 6.20. The van der Waals surface area contributed by atoms with Gasteiger partial charge in [-0.25, -0.2) is 4.79 Å². The van der Waals surface area contributed by atoms with Gasteiger partial charge in [-0.15, -0.1) is 0 Å². The molecule has 22 heavy (non-hydrogen) atoms. The number of hydrogen-bond donors (Lipinski definition) is 2. The number of phenols is 1. The molecule has 0 unspecified atom stereocenters. The first-order valence-electron chi connectivity index (χ1n) is 6.52. The van der Waals surface area contributed by atoms with Crippen LogP contribution in [-0.4, -0.2) is 30.4 Å². The van der Waals surface area contributed by atoms with E-state index in [0.29, 0.717) is 22.6 Å². The van der Waals surface area contributed by atoms with Crippen molar-refractivity contribution in [3.63, 3.8) is 0 Å². The molecule has 0 saturated heterocycles. The van der Waals surface area contributed by atoms with E-state index in [4.69, 9.17) is 9.47 Å². The van der Waals surface area contributed by atoms with Crippen molar-refractivity contribution in [1.82, 2.24) is 0 Å². The molecule has 0 bridgehead atoms. The SMILES string of the molecule is COc1ccc(/C(=C/c2ccccc2O)C(=O)O)cc1OC. The van der Waals surface area contributed by atoms with Gasteiger partial charge in [0.05, 0.1) is 19.8 Å². The maximum Gasteiger partial charge on any atom is 0.336 e. The molecule has 0 fully saturated rings. The molecule has 0 amide bonds. The number of carboxylic acid groups (broad SMARTS) is 1. The number of methoxy groups -OCH3 is 2. The summed E-state index contributed by atoms with van der Waals surface area (Å²) in [6.07, 6.45) is 1.42. The molecule has 5 nitrogen and oxygen atoms in total. The second-order valence-corrected chi connectivity index (χ2v) is 4.49. The minimum absolute atomic E-state index is 0.0155. The standard InChI is InChI=1S/C17H16O5/c1-21-15-8-7-11(10-16(15)22-2)13(17(19)20)9-12-5-3-4-6-14(12)18/h3-10,18H,1-2H3,(H,19,20)/b13-9-. The van der Waals surface area contributed by atoms with E-state index in [0.717, 1.165) is 0 Å². The van der Waals surface area contributed by atoms with Gasteiger partial charge in [0.1, 0.15) is 5.75 Å². The molecular formula is C17H16O5. The van der Waals surface area contributed by atoms with E-state index < -0.39 is 5.97 Å². The molecule has 2 aromatic carbocycles. The van der Waals surface area contributed by atoms with E-state index in [1.54, 1.807) is 36.4 Å². The Labute approximate surface area is 128 Å². The molecule has 2 rings (SSSR count). The summed E-state index contributed by atoms with van der Waals surface area (Å²) in [7, 11) is 2.99. The summed E-state index contributed by atoms with van der Waals surface area (Å²) in [5.74, 6) is -0.139. The molecule has 0 aliphatic heterocycles. The fraction of sp³-hybridized carbons (Fsp3) is 0.118. The number of rotatable bonds is 5. The maximum atomic E-state index is 11.5. The van der Waals surface area contributed by atoms with Crippen molar-refractivity contribution in [2.75, 3.05) is 14.2 Å². The third-order valence-electron chi connectivity index (χ3n) is 3.16. The van der Waals surface area contributed by atoms with Crippen molar-refractivity contribution >= 4 is 17.6 Å². The summed E-state index contributed by atoms with van der Waals surface area (Å²) in [5, 5.41) is 19.2. The zero-order valence-electron chi connectivity index (χ0n) is 12.2. The summed E-state index contributed by atoms with van der Waals surface area (Å²) < 4.78 is 10.3. The first-order chi connectivity index (χ1) is 10.6. The number of aromatic hydroxyl groups is 1. The third-order valence-corrected chi connectivity index (χ3v) is 3.16. The van der Waals surface area contributed by atoms with Crippen molar-refractivity contribution in [1.29, 1.82) is 0 Å². The van der Waals surface area contributed by atoms with Gasteiger partial charge in [0.2, 0.25) is 0 Å². The van der Waals surface area contributed by atoms with Gasteiger partial charge >= 0.3 is 5.97 Å². The van der Waals surface area contributed by atoms with Gasteiger partial charge in [0, 0.05) is 5.56 Å². The molecule has 0 aliphatic rings. The third kappa shape index (κ3) is 3.20. The molecule has 2 aromatic rings. The van der Waals surface area contributed by atoms with Crippen LogP contribution in [0, 0.1) is 0 Å². The average molecular weight is 300 g/mol. The molecule has 0 saturated carbocycles. The monoisotopic (exact) mass is 300 g/mol. The highest BCUT2D eigenvalue weighted by Crippen LogP contribution is 2.32. The zero-order chi connectivity index (χ0) is 16.1. The molecule has 0 aliphatic carbocycles. The van der Waals surface area contributed by atoms with Crippen LogP contribution < -0.4 is 9.47 Å². The fourth-order valence-electron chi connectivity index (χ4n) is 2.04.